The van der Waals surface area contributed by atoms with E-state index in [0.717, 1.165) is 22.3 Å². The zero-order valence-corrected chi connectivity index (χ0v) is 15.8. The smallest absolute Gasteiger partial charge is 0.210 e. The van der Waals surface area contributed by atoms with Crippen molar-refractivity contribution < 1.29 is 8.42 Å². The lowest BCUT2D eigenvalue weighted by molar-refractivity contribution is 0.577. The van der Waals surface area contributed by atoms with Gasteiger partial charge in [0.2, 0.25) is 10.0 Å². The van der Waals surface area contributed by atoms with Gasteiger partial charge in [-0.25, -0.2) is 13.1 Å². The molecule has 0 aliphatic heterocycles. The lowest BCUT2D eigenvalue weighted by Crippen LogP contribution is -2.29. The van der Waals surface area contributed by atoms with Crippen LogP contribution in [0, 0.1) is 13.8 Å². The highest BCUT2D eigenvalue weighted by Gasteiger charge is 2.19. The van der Waals surface area contributed by atoms with Crippen molar-refractivity contribution in [2.45, 2.75) is 24.7 Å². The maximum atomic E-state index is 12.7. The van der Waals surface area contributed by atoms with Gasteiger partial charge in [0.25, 0.3) is 0 Å². The van der Waals surface area contributed by atoms with Crippen molar-refractivity contribution in [1.82, 2.24) is 4.72 Å². The summed E-state index contributed by atoms with van der Waals surface area (Å²) in [5, 5.41) is 0. The van der Waals surface area contributed by atoms with Gasteiger partial charge in [-0.3, -0.25) is 0 Å². The number of aryl methyl sites for hydroxylation is 2. The number of nitrogens with one attached hydrogen (secondary N) is 1. The molecule has 0 saturated heterocycles. The Balaban J connectivity index is 1.88. The Bertz CT molecular complexity index is 965. The number of benzene rings is 3. The molecule has 3 aromatic carbocycles. The van der Waals surface area contributed by atoms with Gasteiger partial charge in [-0.05, 0) is 37.1 Å². The molecule has 0 saturated carbocycles. The number of sulfonamides is 1. The van der Waals surface area contributed by atoms with Crippen LogP contribution in [-0.4, -0.2) is 15.0 Å². The molecular weight excluding hydrogens is 342 g/mol. The second-order valence-corrected chi connectivity index (χ2v) is 8.31. The molecule has 4 heteroatoms. The zero-order chi connectivity index (χ0) is 18.6. The minimum Gasteiger partial charge on any atom is -0.210 e. The molecule has 0 unspecified atom stereocenters. The zero-order valence-electron chi connectivity index (χ0n) is 15.0. The van der Waals surface area contributed by atoms with E-state index in [1.165, 1.54) is 0 Å². The lowest BCUT2D eigenvalue weighted by Gasteiger charge is -2.19. The summed E-state index contributed by atoms with van der Waals surface area (Å²) in [6.07, 6.45) is 0. The van der Waals surface area contributed by atoms with Crippen LogP contribution in [0.5, 0.6) is 0 Å². The van der Waals surface area contributed by atoms with Gasteiger partial charge in [-0.2, -0.15) is 0 Å². The predicted molar refractivity (Wildman–Crippen MR) is 106 cm³/mol. The van der Waals surface area contributed by atoms with E-state index < -0.39 is 10.0 Å². The van der Waals surface area contributed by atoms with Crippen molar-refractivity contribution >= 4 is 10.0 Å². The van der Waals surface area contributed by atoms with E-state index in [0.29, 0.717) is 11.4 Å². The molecule has 0 radical (unpaired) electrons. The molecule has 26 heavy (non-hydrogen) atoms. The standard InChI is InChI=1S/C22H23NO2S/c1-17-11-13-21(14-12-17)26(24,25)23-16-22(19-8-4-3-5-9-19)20-10-6-7-18(2)15-20/h3-15,22-23H,16H2,1-2H3/t22-/m1/s1. The molecule has 1 N–H and O–H groups in total. The molecule has 1 atom stereocenters. The number of hydrogen-bond acceptors (Lipinski definition) is 2. The molecule has 134 valence electrons. The number of rotatable bonds is 6. The first kappa shape index (κ1) is 18.4. The van der Waals surface area contributed by atoms with Gasteiger partial charge in [-0.1, -0.05) is 77.9 Å². The third-order valence-corrected chi connectivity index (χ3v) is 5.89. The van der Waals surface area contributed by atoms with Crippen molar-refractivity contribution in [1.29, 1.82) is 0 Å². The first-order valence-electron chi connectivity index (χ1n) is 8.63. The van der Waals surface area contributed by atoms with Crippen LogP contribution >= 0.6 is 0 Å². The summed E-state index contributed by atoms with van der Waals surface area (Å²) in [5.74, 6) is -0.0451. The maximum Gasteiger partial charge on any atom is 0.240 e. The quantitative estimate of drug-likeness (QED) is 0.703. The fourth-order valence-electron chi connectivity index (χ4n) is 2.99. The Morgan fingerprint density at radius 2 is 1.42 bits per heavy atom. The minimum atomic E-state index is -3.55. The Hall–Kier alpha value is -2.43. The fourth-order valence-corrected chi connectivity index (χ4v) is 4.04. The molecule has 3 nitrogen and oxygen atoms in total. The molecular formula is C22H23NO2S. The largest absolute Gasteiger partial charge is 0.240 e. The SMILES string of the molecule is Cc1ccc(S(=O)(=O)NC[C@H](c2ccccc2)c2cccc(C)c2)cc1. The molecule has 0 aliphatic rings. The van der Waals surface area contributed by atoms with E-state index in [-0.39, 0.29) is 5.92 Å². The Morgan fingerprint density at radius 1 is 0.769 bits per heavy atom. The van der Waals surface area contributed by atoms with Gasteiger partial charge in [0.05, 0.1) is 4.90 Å². The third-order valence-electron chi connectivity index (χ3n) is 4.46. The van der Waals surface area contributed by atoms with Crippen LogP contribution in [0.4, 0.5) is 0 Å². The minimum absolute atomic E-state index is 0.0451. The van der Waals surface area contributed by atoms with Crippen LogP contribution in [0.3, 0.4) is 0 Å². The normalized spacial score (nSPS) is 12.7. The molecule has 0 fully saturated rings. The average Bonchev–Trinajstić information content (AvgIpc) is 2.63. The third kappa shape index (κ3) is 4.40. The fraction of sp³-hybridized carbons (Fsp3) is 0.182. The van der Waals surface area contributed by atoms with Crippen molar-refractivity contribution in [3.63, 3.8) is 0 Å². The summed E-state index contributed by atoms with van der Waals surface area (Å²) in [7, 11) is -3.55. The highest BCUT2D eigenvalue weighted by atomic mass is 32.2. The van der Waals surface area contributed by atoms with Crippen LogP contribution in [0.1, 0.15) is 28.2 Å². The van der Waals surface area contributed by atoms with E-state index in [4.69, 9.17) is 0 Å². The predicted octanol–water partition coefficient (Wildman–Crippen LogP) is 4.41. The summed E-state index contributed by atoms with van der Waals surface area (Å²) in [5.41, 5.74) is 4.38. The topological polar surface area (TPSA) is 46.2 Å². The highest BCUT2D eigenvalue weighted by molar-refractivity contribution is 7.89. The summed E-state index contributed by atoms with van der Waals surface area (Å²) >= 11 is 0. The van der Waals surface area contributed by atoms with Crippen LogP contribution in [-0.2, 0) is 10.0 Å². The molecule has 3 rings (SSSR count). The monoisotopic (exact) mass is 365 g/mol. The van der Waals surface area contributed by atoms with E-state index >= 15 is 0 Å². The van der Waals surface area contributed by atoms with Gasteiger partial charge in [0.15, 0.2) is 0 Å². The molecule has 0 amide bonds. The Kier molecular flexibility index (Phi) is 5.55. The Morgan fingerprint density at radius 3 is 2.08 bits per heavy atom. The van der Waals surface area contributed by atoms with Gasteiger partial charge in [-0.15, -0.1) is 0 Å². The first-order chi connectivity index (χ1) is 12.5. The maximum absolute atomic E-state index is 12.7. The molecule has 0 bridgehead atoms. The molecule has 0 spiro atoms. The van der Waals surface area contributed by atoms with E-state index in [1.807, 2.05) is 74.5 Å². The summed E-state index contributed by atoms with van der Waals surface area (Å²) < 4.78 is 28.1. The van der Waals surface area contributed by atoms with Crippen molar-refractivity contribution in [3.8, 4) is 0 Å². The van der Waals surface area contributed by atoms with Crippen molar-refractivity contribution in [3.05, 3.63) is 101 Å². The van der Waals surface area contributed by atoms with Crippen LogP contribution in [0.15, 0.2) is 83.8 Å². The van der Waals surface area contributed by atoms with Gasteiger partial charge >= 0.3 is 0 Å². The summed E-state index contributed by atoms with van der Waals surface area (Å²) in [4.78, 5) is 0.291. The first-order valence-corrected chi connectivity index (χ1v) is 10.1. The molecule has 0 aromatic heterocycles. The van der Waals surface area contributed by atoms with Crippen molar-refractivity contribution in [2.24, 2.45) is 0 Å². The lowest BCUT2D eigenvalue weighted by atomic mass is 9.91. The second kappa shape index (κ2) is 7.85. The van der Waals surface area contributed by atoms with Crippen molar-refractivity contribution in [2.75, 3.05) is 6.54 Å². The van der Waals surface area contributed by atoms with Crippen LogP contribution in [0.2, 0.25) is 0 Å². The van der Waals surface area contributed by atoms with Crippen LogP contribution in [0.25, 0.3) is 0 Å². The van der Waals surface area contributed by atoms with E-state index in [1.54, 1.807) is 12.1 Å². The second-order valence-electron chi connectivity index (χ2n) is 6.54. The highest BCUT2D eigenvalue weighted by Crippen LogP contribution is 2.25. The Labute approximate surface area is 155 Å². The molecule has 0 aliphatic carbocycles. The van der Waals surface area contributed by atoms with E-state index in [2.05, 4.69) is 10.8 Å². The van der Waals surface area contributed by atoms with Gasteiger partial charge in [0.1, 0.15) is 0 Å². The molecule has 3 aromatic rings. The van der Waals surface area contributed by atoms with Gasteiger partial charge < -0.3 is 0 Å². The van der Waals surface area contributed by atoms with E-state index in [9.17, 15) is 8.42 Å². The molecule has 0 heterocycles. The van der Waals surface area contributed by atoms with Gasteiger partial charge in [0, 0.05) is 12.5 Å². The summed E-state index contributed by atoms with van der Waals surface area (Å²) in [6, 6.07) is 25.1. The summed E-state index contributed by atoms with van der Waals surface area (Å²) in [6.45, 7) is 4.29. The van der Waals surface area contributed by atoms with Crippen LogP contribution < -0.4 is 4.72 Å². The average molecular weight is 365 g/mol. The number of hydrogen-bond donors (Lipinski definition) is 1.